The number of hydrogen-bond acceptors (Lipinski definition) is 14. The number of aliphatic hydroxyl groups is 2. The number of benzene rings is 2. The van der Waals surface area contributed by atoms with Gasteiger partial charge in [0.05, 0.1) is 13.1 Å². The van der Waals surface area contributed by atoms with Crippen LogP contribution in [0.15, 0.2) is 60.7 Å². The second-order valence-corrected chi connectivity index (χ2v) is 36.9. The molecule has 0 bridgehead atoms. The van der Waals surface area contributed by atoms with Gasteiger partial charge in [0.1, 0.15) is 0 Å². The van der Waals surface area contributed by atoms with Crippen LogP contribution in [-0.4, -0.2) is 190 Å². The zero-order valence-electron chi connectivity index (χ0n) is 90.7. The van der Waals surface area contributed by atoms with Gasteiger partial charge in [-0.3, -0.25) is 14.5 Å². The molecule has 0 heterocycles. The lowest BCUT2D eigenvalue weighted by atomic mass is 10.0. The Hall–Kier alpha value is -3.34. The molecule has 13 N–H and O–H groups in total. The van der Waals surface area contributed by atoms with Gasteiger partial charge < -0.3 is 77.3 Å². The molecule has 2 amide bonds. The van der Waals surface area contributed by atoms with Crippen LogP contribution < -0.4 is 37.2 Å². The van der Waals surface area contributed by atoms with Gasteiger partial charge in [-0.2, -0.15) is 0 Å². The SMILES string of the molecule is CC.CCCCCCCCCCCCCCCCCCOCCCNC(=O)CN(C)Cc1ccccc1.CCCCCCCCCCCCCCCCCCOCCCNC(=O)CN(C)c1ccccc1.CCCCCCCCCCCCCCCCCCOCCCNCCN.CCCCCCCCCCCCCCCCCCOCCCNCCNCC.CCO.CCO.O.O. The molecular weight excluding hydrogens is 1650 g/mol. The fourth-order valence-corrected chi connectivity index (χ4v) is 15.8. The first-order chi connectivity index (χ1) is 64.6. The number of carbonyl (C=O) groups excluding carboxylic acids is 2. The summed E-state index contributed by atoms with van der Waals surface area (Å²) in [6.45, 7) is 35.9. The summed E-state index contributed by atoms with van der Waals surface area (Å²) >= 11 is 0. The second-order valence-electron chi connectivity index (χ2n) is 36.9. The first-order valence-electron chi connectivity index (χ1n) is 57.0. The maximum absolute atomic E-state index is 12.1. The Labute approximate surface area is 828 Å². The molecule has 2 aromatic carbocycles. The number of nitrogens with two attached hydrogens (primary N) is 1. The fraction of sp³-hybridized carbons (Fsp3) is 0.878. The predicted molar refractivity (Wildman–Crippen MR) is 586 cm³/mol. The summed E-state index contributed by atoms with van der Waals surface area (Å²) in [4.78, 5) is 28.1. The van der Waals surface area contributed by atoms with E-state index >= 15 is 0 Å². The van der Waals surface area contributed by atoms with Crippen LogP contribution in [0.3, 0.4) is 0 Å². The molecule has 0 saturated carbocycles. The summed E-state index contributed by atoms with van der Waals surface area (Å²) in [5.74, 6) is 0.144. The van der Waals surface area contributed by atoms with Gasteiger partial charge in [-0.15, -0.1) is 0 Å². The molecule has 18 heteroatoms. The Kier molecular flexibility index (Phi) is 147. The monoisotopic (exact) mass is 1890 g/mol. The molecule has 0 spiro atoms. The zero-order valence-corrected chi connectivity index (χ0v) is 90.7. The van der Waals surface area contributed by atoms with Crippen molar-refractivity contribution in [2.24, 2.45) is 5.73 Å². The number of unbranched alkanes of at least 4 members (excludes halogenated alkanes) is 60. The summed E-state index contributed by atoms with van der Waals surface area (Å²) in [5.41, 5.74) is 7.71. The van der Waals surface area contributed by atoms with Gasteiger partial charge in [0.15, 0.2) is 0 Å². The summed E-state index contributed by atoms with van der Waals surface area (Å²) in [7, 11) is 3.92. The van der Waals surface area contributed by atoms with Gasteiger partial charge >= 0.3 is 0 Å². The lowest BCUT2D eigenvalue weighted by Crippen LogP contribution is -2.35. The van der Waals surface area contributed by atoms with Crippen LogP contribution in [0.25, 0.3) is 0 Å². The number of amides is 2. The van der Waals surface area contributed by atoms with Crippen molar-refractivity contribution in [1.82, 2.24) is 31.5 Å². The summed E-state index contributed by atoms with van der Waals surface area (Å²) in [6, 6.07) is 20.2. The van der Waals surface area contributed by atoms with Gasteiger partial charge in [-0.05, 0) is 110 Å². The second kappa shape index (κ2) is 137. The predicted octanol–water partition coefficient (Wildman–Crippen LogP) is 28.2. The molecule has 0 aromatic heterocycles. The third kappa shape index (κ3) is 137. The maximum Gasteiger partial charge on any atom is 0.239 e. The number of aliphatic hydroxyl groups excluding tert-OH is 2. The van der Waals surface area contributed by atoms with E-state index in [4.69, 9.17) is 34.9 Å². The minimum atomic E-state index is 0. The lowest BCUT2D eigenvalue weighted by molar-refractivity contribution is -0.122. The van der Waals surface area contributed by atoms with Crippen molar-refractivity contribution in [2.75, 3.05) is 157 Å². The van der Waals surface area contributed by atoms with Crippen molar-refractivity contribution >= 4 is 17.5 Å². The van der Waals surface area contributed by atoms with E-state index in [1.54, 1.807) is 13.8 Å². The summed E-state index contributed by atoms with van der Waals surface area (Å²) < 4.78 is 22.8. The van der Waals surface area contributed by atoms with E-state index in [1.165, 1.54) is 404 Å². The van der Waals surface area contributed by atoms with Crippen molar-refractivity contribution in [3.63, 3.8) is 0 Å². The van der Waals surface area contributed by atoms with E-state index in [0.717, 1.165) is 149 Å². The molecule has 0 radical (unpaired) electrons. The number of anilines is 1. The first kappa shape index (κ1) is 143. The smallest absolute Gasteiger partial charge is 0.239 e. The van der Waals surface area contributed by atoms with E-state index in [-0.39, 0.29) is 36.0 Å². The number of nitrogens with zero attached hydrogens (tertiary/aromatic N) is 2. The van der Waals surface area contributed by atoms with E-state index in [0.29, 0.717) is 26.2 Å². The molecule has 0 aliphatic rings. The lowest BCUT2D eigenvalue weighted by Gasteiger charge is -2.18. The average molecular weight is 1890 g/mol. The van der Waals surface area contributed by atoms with Crippen LogP contribution in [0.5, 0.6) is 0 Å². The number of rotatable bonds is 97. The van der Waals surface area contributed by atoms with Crippen LogP contribution in [-0.2, 0) is 35.1 Å². The van der Waals surface area contributed by atoms with Gasteiger partial charge in [0.25, 0.3) is 0 Å². The van der Waals surface area contributed by atoms with Crippen LogP contribution in [0, 0.1) is 0 Å². The average Bonchev–Trinajstić information content (AvgIpc) is 0.914. The number of nitrogens with one attached hydrogen (secondary N) is 5. The van der Waals surface area contributed by atoms with E-state index in [2.05, 4.69) is 73.3 Å². The number of ether oxygens (including phenoxy) is 4. The van der Waals surface area contributed by atoms with E-state index in [9.17, 15) is 9.59 Å². The molecule has 0 saturated heterocycles. The highest BCUT2D eigenvalue weighted by Crippen LogP contribution is 2.20. The Morgan fingerprint density at radius 3 is 0.737 bits per heavy atom. The molecule has 2 aromatic rings. The third-order valence-electron chi connectivity index (χ3n) is 23.8. The zero-order chi connectivity index (χ0) is 96.5. The van der Waals surface area contributed by atoms with Crippen molar-refractivity contribution in [3.8, 4) is 0 Å². The highest BCUT2D eigenvalue weighted by molar-refractivity contribution is 5.81. The van der Waals surface area contributed by atoms with Crippen molar-refractivity contribution in [2.45, 2.75) is 505 Å². The highest BCUT2D eigenvalue weighted by atomic mass is 16.5. The minimum Gasteiger partial charge on any atom is -0.412 e. The number of likely N-dealkylation sites (N-methyl/N-ethyl adjacent to an activating group) is 3. The van der Waals surface area contributed by atoms with Gasteiger partial charge in [0, 0.05) is 125 Å². The van der Waals surface area contributed by atoms with Crippen molar-refractivity contribution in [3.05, 3.63) is 66.2 Å². The molecule has 796 valence electrons. The maximum atomic E-state index is 12.1. The van der Waals surface area contributed by atoms with E-state index < -0.39 is 0 Å². The van der Waals surface area contributed by atoms with Crippen molar-refractivity contribution in [1.29, 1.82) is 0 Å². The van der Waals surface area contributed by atoms with Gasteiger partial charge in [-0.1, -0.05) is 482 Å². The molecule has 2 rings (SSSR count). The Bertz CT molecular complexity index is 2220. The minimum absolute atomic E-state index is 0. The topological polar surface area (TPSA) is 267 Å². The Balaban J connectivity index is -0.000000310. The molecule has 133 heavy (non-hydrogen) atoms. The van der Waals surface area contributed by atoms with Gasteiger partial charge in [-0.25, -0.2) is 0 Å². The standard InChI is InChI=1S/C31H56N2O2.C30H54N2O2.C25H54N2O.C23H50N2O.2C2H6O.C2H6.2H2O/c1-3-4-5-6-7-8-9-10-11-12-13-14-15-16-17-21-26-35-27-22-25-32-31(34)29-33(2)28-30-23-19-18-20-24-30;1-3-4-5-6-7-8-9-10-11-12-13-14-15-16-17-21-26-34-27-22-25-31-30(33)28-32(2)29-23-19-18-20-24-29;1-3-5-6-7-8-9-10-11-12-13-14-15-16-17-18-19-24-28-25-20-21-27-23-22-26-4-2;1-2-3-4-5-6-7-8-9-10-11-12-13-14-15-16-17-22-26-23-18-20-25-21-19-24;2*1-2-3;1-2;;/h18-20,23-24H,3-17,21-22,25-29H2,1-2H3,(H,32,34);18-20,23-24H,3-17,21-22,25-28H2,1-2H3,(H,31,33);26-27H,3-25H2,1-2H3;25H,2-24H2,1H3;2*3H,2H2,1H3;1-2H3;2*1H2. The van der Waals surface area contributed by atoms with Crippen LogP contribution in [0.1, 0.15) is 504 Å². The van der Waals surface area contributed by atoms with Crippen LogP contribution in [0.4, 0.5) is 5.69 Å². The van der Waals surface area contributed by atoms with Crippen LogP contribution in [0.2, 0.25) is 0 Å². The van der Waals surface area contributed by atoms with Crippen molar-refractivity contribution < 1.29 is 49.7 Å². The third-order valence-corrected chi connectivity index (χ3v) is 23.8. The van der Waals surface area contributed by atoms with E-state index in [1.807, 2.05) is 86.3 Å². The largest absolute Gasteiger partial charge is 0.412 e. The fourth-order valence-electron chi connectivity index (χ4n) is 15.8. The molecule has 0 atom stereocenters. The Morgan fingerprint density at radius 2 is 0.489 bits per heavy atom. The molecule has 0 aliphatic carbocycles. The molecule has 0 unspecified atom stereocenters. The normalized spacial score (nSPS) is 10.7. The quantitative estimate of drug-likeness (QED) is 0.0286. The number of para-hydroxylation sites is 1. The number of carbonyl (C=O) groups is 2. The first-order valence-corrected chi connectivity index (χ1v) is 57.0. The molecule has 18 nitrogen and oxygen atoms in total. The molecular formula is C115H236N8O10. The Morgan fingerprint density at radius 1 is 0.278 bits per heavy atom. The summed E-state index contributed by atoms with van der Waals surface area (Å²) in [5, 5.41) is 31.2. The number of hydrogen-bond donors (Lipinski definition) is 8. The van der Waals surface area contributed by atoms with Gasteiger partial charge in [0.2, 0.25) is 11.8 Å². The molecule has 0 fully saturated rings. The highest BCUT2D eigenvalue weighted by Gasteiger charge is 2.10. The summed E-state index contributed by atoms with van der Waals surface area (Å²) in [6.07, 6.45) is 94.2. The molecule has 0 aliphatic heterocycles. The van der Waals surface area contributed by atoms with Crippen LogP contribution >= 0.6 is 0 Å².